The van der Waals surface area contributed by atoms with Crippen molar-refractivity contribution < 1.29 is 4.79 Å². The molecule has 0 saturated carbocycles. The molecule has 0 aromatic carbocycles. The molecule has 0 spiro atoms. The number of amides is 1. The van der Waals surface area contributed by atoms with Crippen LogP contribution in [-0.2, 0) is 4.79 Å². The van der Waals surface area contributed by atoms with Crippen LogP contribution in [0.15, 0.2) is 12.3 Å². The summed E-state index contributed by atoms with van der Waals surface area (Å²) < 4.78 is 0. The molecule has 0 saturated heterocycles. The van der Waals surface area contributed by atoms with E-state index in [2.05, 4.69) is 15.6 Å². The fourth-order valence-electron chi connectivity index (χ4n) is 1.78. The number of hydrogen-bond donors (Lipinski definition) is 2. The van der Waals surface area contributed by atoms with E-state index in [4.69, 9.17) is 0 Å². The zero-order chi connectivity index (χ0) is 12.8. The SMILES string of the molecule is Cc1cnc2c(c1)NC(=O)C(C)(C)C(C)(C)N2. The van der Waals surface area contributed by atoms with Gasteiger partial charge in [0, 0.05) is 11.7 Å². The molecule has 0 fully saturated rings. The zero-order valence-electron chi connectivity index (χ0n) is 11.0. The molecule has 1 aromatic rings. The number of nitrogens with zero attached hydrogens (tertiary/aromatic N) is 1. The third kappa shape index (κ3) is 1.77. The molecule has 1 amide bonds. The molecule has 2 rings (SSSR count). The molecule has 0 atom stereocenters. The van der Waals surface area contributed by atoms with Gasteiger partial charge in [-0.15, -0.1) is 0 Å². The number of fused-ring (bicyclic) bond motifs is 1. The Morgan fingerprint density at radius 3 is 2.53 bits per heavy atom. The fraction of sp³-hybridized carbons (Fsp3) is 0.538. The maximum atomic E-state index is 12.2. The van der Waals surface area contributed by atoms with Crippen LogP contribution < -0.4 is 10.6 Å². The molecule has 0 unspecified atom stereocenters. The third-order valence-electron chi connectivity index (χ3n) is 3.83. The van der Waals surface area contributed by atoms with Gasteiger partial charge in [-0.1, -0.05) is 0 Å². The lowest BCUT2D eigenvalue weighted by Crippen LogP contribution is -2.51. The summed E-state index contributed by atoms with van der Waals surface area (Å²) in [6, 6.07) is 1.94. The first-order valence-electron chi connectivity index (χ1n) is 5.80. The van der Waals surface area contributed by atoms with Gasteiger partial charge in [-0.25, -0.2) is 4.98 Å². The van der Waals surface area contributed by atoms with Crippen molar-refractivity contribution in [1.29, 1.82) is 0 Å². The van der Waals surface area contributed by atoms with Crippen molar-refractivity contribution in [3.63, 3.8) is 0 Å². The number of carbonyl (C=O) groups excluding carboxylic acids is 1. The number of nitrogens with one attached hydrogen (secondary N) is 2. The average molecular weight is 233 g/mol. The molecule has 0 radical (unpaired) electrons. The van der Waals surface area contributed by atoms with Crippen LogP contribution in [0.25, 0.3) is 0 Å². The van der Waals surface area contributed by atoms with Crippen molar-refractivity contribution >= 4 is 17.4 Å². The molecule has 0 bridgehead atoms. The number of hydrogen-bond acceptors (Lipinski definition) is 3. The van der Waals surface area contributed by atoms with E-state index in [1.165, 1.54) is 0 Å². The van der Waals surface area contributed by atoms with E-state index >= 15 is 0 Å². The highest BCUT2D eigenvalue weighted by molar-refractivity contribution is 6.00. The predicted octanol–water partition coefficient (Wildman–Crippen LogP) is 2.56. The second-order valence-electron chi connectivity index (χ2n) is 5.74. The summed E-state index contributed by atoms with van der Waals surface area (Å²) in [5.74, 6) is 0.751. The average Bonchev–Trinajstić information content (AvgIpc) is 2.26. The number of pyridine rings is 1. The molecular weight excluding hydrogens is 214 g/mol. The van der Waals surface area contributed by atoms with Gasteiger partial charge in [-0.05, 0) is 46.2 Å². The minimum atomic E-state index is -0.512. The van der Waals surface area contributed by atoms with Gasteiger partial charge in [0.05, 0.1) is 11.1 Å². The van der Waals surface area contributed by atoms with Crippen molar-refractivity contribution in [3.8, 4) is 0 Å². The van der Waals surface area contributed by atoms with Crippen molar-refractivity contribution in [2.75, 3.05) is 10.6 Å². The Labute approximate surface area is 102 Å². The summed E-state index contributed by atoms with van der Waals surface area (Å²) in [7, 11) is 0. The Bertz CT molecular complexity index is 478. The Morgan fingerprint density at radius 2 is 1.88 bits per heavy atom. The topological polar surface area (TPSA) is 54.0 Å². The van der Waals surface area contributed by atoms with Crippen LogP contribution >= 0.6 is 0 Å². The van der Waals surface area contributed by atoms with Gasteiger partial charge in [0.15, 0.2) is 0 Å². The molecule has 4 heteroatoms. The van der Waals surface area contributed by atoms with E-state index in [9.17, 15) is 4.79 Å². The Morgan fingerprint density at radius 1 is 1.24 bits per heavy atom. The van der Waals surface area contributed by atoms with Gasteiger partial charge < -0.3 is 10.6 Å². The van der Waals surface area contributed by atoms with Gasteiger partial charge in [-0.2, -0.15) is 0 Å². The quantitative estimate of drug-likeness (QED) is 0.724. The zero-order valence-corrected chi connectivity index (χ0v) is 11.0. The lowest BCUT2D eigenvalue weighted by molar-refractivity contribution is -0.126. The van der Waals surface area contributed by atoms with E-state index in [1.54, 1.807) is 6.20 Å². The number of carbonyl (C=O) groups is 1. The van der Waals surface area contributed by atoms with Gasteiger partial charge in [0.2, 0.25) is 5.91 Å². The lowest BCUT2D eigenvalue weighted by Gasteiger charge is -2.38. The molecule has 0 aliphatic carbocycles. The van der Waals surface area contributed by atoms with Crippen LogP contribution in [0.3, 0.4) is 0 Å². The highest BCUT2D eigenvalue weighted by Crippen LogP contribution is 2.39. The Balaban J connectivity index is 2.55. The van der Waals surface area contributed by atoms with Crippen LogP contribution in [0, 0.1) is 12.3 Å². The molecule has 1 aliphatic rings. The Kier molecular flexibility index (Phi) is 2.42. The molecule has 92 valence electrons. The largest absolute Gasteiger partial charge is 0.362 e. The number of rotatable bonds is 0. The first kappa shape index (κ1) is 11.9. The monoisotopic (exact) mass is 233 g/mol. The number of aryl methyl sites for hydroxylation is 1. The smallest absolute Gasteiger partial charge is 0.232 e. The molecule has 4 nitrogen and oxygen atoms in total. The summed E-state index contributed by atoms with van der Waals surface area (Å²) >= 11 is 0. The van der Waals surface area contributed by atoms with Crippen molar-refractivity contribution in [2.45, 2.75) is 40.2 Å². The van der Waals surface area contributed by atoms with Crippen LogP contribution in [0.2, 0.25) is 0 Å². The first-order valence-corrected chi connectivity index (χ1v) is 5.80. The summed E-state index contributed by atoms with van der Waals surface area (Å²) in [5.41, 5.74) is 0.920. The second kappa shape index (κ2) is 3.45. The highest BCUT2D eigenvalue weighted by atomic mass is 16.2. The van der Waals surface area contributed by atoms with Crippen molar-refractivity contribution in [3.05, 3.63) is 17.8 Å². The number of anilines is 2. The van der Waals surface area contributed by atoms with E-state index < -0.39 is 5.41 Å². The van der Waals surface area contributed by atoms with E-state index in [0.29, 0.717) is 0 Å². The molecular formula is C13H19N3O. The fourth-order valence-corrected chi connectivity index (χ4v) is 1.78. The van der Waals surface area contributed by atoms with Gasteiger partial charge in [0.1, 0.15) is 5.82 Å². The summed E-state index contributed by atoms with van der Waals surface area (Å²) in [5, 5.41) is 6.30. The molecule has 2 N–H and O–H groups in total. The van der Waals surface area contributed by atoms with Crippen LogP contribution in [-0.4, -0.2) is 16.4 Å². The van der Waals surface area contributed by atoms with E-state index in [-0.39, 0.29) is 11.4 Å². The first-order chi connectivity index (χ1) is 7.74. The third-order valence-corrected chi connectivity index (χ3v) is 3.83. The lowest BCUT2D eigenvalue weighted by atomic mass is 9.74. The van der Waals surface area contributed by atoms with E-state index in [1.807, 2.05) is 40.7 Å². The molecule has 17 heavy (non-hydrogen) atoms. The standard InChI is InChI=1S/C13H19N3O/c1-8-6-9-10(14-7-8)16-13(4,5)12(2,3)11(17)15-9/h6-7H,1-5H3,(H,14,16)(H,15,17). The summed E-state index contributed by atoms with van der Waals surface area (Å²) in [6.07, 6.45) is 1.80. The minimum Gasteiger partial charge on any atom is -0.362 e. The van der Waals surface area contributed by atoms with E-state index in [0.717, 1.165) is 17.1 Å². The normalized spacial score (nSPS) is 20.9. The van der Waals surface area contributed by atoms with Crippen molar-refractivity contribution in [2.24, 2.45) is 5.41 Å². The van der Waals surface area contributed by atoms with Gasteiger partial charge >= 0.3 is 0 Å². The van der Waals surface area contributed by atoms with Gasteiger partial charge in [0.25, 0.3) is 0 Å². The maximum Gasteiger partial charge on any atom is 0.232 e. The van der Waals surface area contributed by atoms with Crippen LogP contribution in [0.4, 0.5) is 11.5 Å². The number of aromatic nitrogens is 1. The molecule has 1 aliphatic heterocycles. The molecule has 2 heterocycles. The summed E-state index contributed by atoms with van der Waals surface area (Å²) in [4.78, 5) is 16.6. The highest BCUT2D eigenvalue weighted by Gasteiger charge is 2.45. The van der Waals surface area contributed by atoms with Crippen LogP contribution in [0.5, 0.6) is 0 Å². The maximum absolute atomic E-state index is 12.2. The van der Waals surface area contributed by atoms with Gasteiger partial charge in [-0.3, -0.25) is 4.79 Å². The van der Waals surface area contributed by atoms with Crippen molar-refractivity contribution in [1.82, 2.24) is 4.98 Å². The Hall–Kier alpha value is -1.58. The molecule has 1 aromatic heterocycles. The summed E-state index contributed by atoms with van der Waals surface area (Å²) in [6.45, 7) is 9.87. The minimum absolute atomic E-state index is 0.0150. The predicted molar refractivity (Wildman–Crippen MR) is 69.1 cm³/mol. The van der Waals surface area contributed by atoms with Crippen LogP contribution in [0.1, 0.15) is 33.3 Å². The second-order valence-corrected chi connectivity index (χ2v) is 5.74.